The molecule has 2 unspecified atom stereocenters. The number of alkyl halides is 1. The van der Waals surface area contributed by atoms with E-state index in [4.69, 9.17) is 74.3 Å². The van der Waals surface area contributed by atoms with Gasteiger partial charge in [0.25, 0.3) is 0 Å². The van der Waals surface area contributed by atoms with Crippen LogP contribution in [0.1, 0.15) is 191 Å². The SMILES string of the molecule is CC1(C)OCc2cc(C3CNC(=O)O3)ccc2O1.[2H]c1cc([2H])c(C([2H])([2H])C([2H])([2H])C([2H])([2H])C([2H])([2H])OC([2H])([2H])CCCCC([2H])([2H])Br)c([2H])c1.[2H]c1cc([2H])c(C([2H])([2H])C([2H])([2H])C([2H])([2H])C([2H])([2H])OC([2H])([2H])CCCCC([2H])([2H])N2CC(c3ccc4c(c3)COC(C)(C)O4)OC2=O)c([2H])c1. The van der Waals surface area contributed by atoms with Crippen molar-refractivity contribution in [3.8, 4) is 11.5 Å². The highest BCUT2D eigenvalue weighted by Crippen LogP contribution is 2.36. The van der Waals surface area contributed by atoms with Gasteiger partial charge < -0.3 is 48.1 Å². The Kier molecular flexibility index (Phi) is 11.6. The van der Waals surface area contributed by atoms with Crippen LogP contribution in [0.2, 0.25) is 0 Å². The number of ether oxygens (including phenoxy) is 8. The first-order valence-corrected chi connectivity index (χ1v) is 23.6. The Bertz CT molecular complexity index is 3590. The molecule has 8 rings (SSSR count). The monoisotopic (exact) mass is 1070 g/mol. The summed E-state index contributed by atoms with van der Waals surface area (Å²) in [5, 5.41) is 0.971. The summed E-state index contributed by atoms with van der Waals surface area (Å²) >= 11 is 2.79. The molecule has 4 aliphatic heterocycles. The second-order valence-corrected chi connectivity index (χ2v) is 17.0. The van der Waals surface area contributed by atoms with Gasteiger partial charge in [-0.25, -0.2) is 9.59 Å². The van der Waals surface area contributed by atoms with Gasteiger partial charge in [0.15, 0.2) is 0 Å². The minimum Gasteiger partial charge on any atom is -0.463 e. The van der Waals surface area contributed by atoms with E-state index in [1.807, 2.05) is 32.0 Å². The molecule has 0 spiro atoms. The molecule has 2 amide bonds. The number of unbranched alkanes of at least 4 members (excludes halogenated alkanes) is 2. The smallest absolute Gasteiger partial charge is 0.410 e. The van der Waals surface area contributed by atoms with Crippen molar-refractivity contribution < 1.29 is 88.6 Å². The van der Waals surface area contributed by atoms with E-state index in [9.17, 15) is 9.59 Å². The number of carbonyl (C=O) groups is 2. The van der Waals surface area contributed by atoms with Gasteiger partial charge in [0.2, 0.25) is 11.6 Å². The first-order chi connectivity index (χ1) is 45.7. The van der Waals surface area contributed by atoms with Crippen molar-refractivity contribution in [2.45, 2.75) is 154 Å². The van der Waals surface area contributed by atoms with Gasteiger partial charge >= 0.3 is 12.2 Å². The van der Waals surface area contributed by atoms with E-state index in [1.165, 1.54) is 0 Å². The molecule has 0 saturated carbocycles. The van der Waals surface area contributed by atoms with Crippen LogP contribution in [-0.2, 0) is 54.4 Å². The molecule has 0 radical (unpaired) electrons. The molecule has 0 bridgehead atoms. The van der Waals surface area contributed by atoms with Crippen LogP contribution in [0.4, 0.5) is 9.59 Å². The third-order valence-electron chi connectivity index (χ3n) is 10.1. The lowest BCUT2D eigenvalue weighted by Gasteiger charge is -2.32. The van der Waals surface area contributed by atoms with Crippen molar-refractivity contribution in [2.75, 3.05) is 51.1 Å². The molecule has 13 heteroatoms. The van der Waals surface area contributed by atoms with E-state index >= 15 is 0 Å². The van der Waals surface area contributed by atoms with Crippen LogP contribution >= 0.6 is 15.9 Å². The van der Waals surface area contributed by atoms with Crippen molar-refractivity contribution in [1.82, 2.24) is 10.2 Å². The van der Waals surface area contributed by atoms with Gasteiger partial charge in [0.1, 0.15) is 23.7 Å². The van der Waals surface area contributed by atoms with Crippen molar-refractivity contribution in [3.63, 3.8) is 0 Å². The molecule has 4 aromatic carbocycles. The van der Waals surface area contributed by atoms with E-state index in [2.05, 4.69) is 26.0 Å². The average Bonchev–Trinajstić information content (AvgIpc) is 1.15. The number of alkyl carbamates (subject to hydrolysis) is 1. The number of halogens is 1. The standard InChI is InChI=1S/C29H39NO5.C16H25BrO.C13H15NO4/c1-29(2)33-22-25-20-24(15-16-26(25)35-29)27-21-30(28(31)34-27)17-9-3-4-10-18-32-19-11-8-14-23-12-6-5-7-13-23;17-13-7-1-2-8-14-18-15-9-6-12-16-10-4-3-5-11-16;1-13(2)16-7-9-5-8(3-4-10(9)18-13)11-6-14-12(15)17-11/h5-7,12-13,15-16,20,27H,3-4,8-11,14,17-19,21-22H2,1-2H3;3-5,10-11H,1-2,6-9,12-15H2;3-5,11H,6-7H2,1-2H3,(H,14,15)/i5D,8D2,11D2,12D,13D,14D2,17D2,18D2,19D2;3D,6D2,9D2,10D,11D,12D2,13D2,14D2,15D2;. The van der Waals surface area contributed by atoms with Gasteiger partial charge in [-0.15, -0.1) is 0 Å². The molecule has 4 heterocycles. The minimum absolute atomic E-state index is 0.0293. The van der Waals surface area contributed by atoms with Gasteiger partial charge in [-0.2, -0.15) is 0 Å². The Morgan fingerprint density at radius 1 is 0.662 bits per heavy atom. The number of benzene rings is 4. The Balaban J connectivity index is 0.000000267. The summed E-state index contributed by atoms with van der Waals surface area (Å²) in [6.45, 7) is -6.92. The molecule has 0 aromatic heterocycles. The number of rotatable bonds is 25. The summed E-state index contributed by atoms with van der Waals surface area (Å²) in [6, 6.07) is 10.7. The highest BCUT2D eigenvalue weighted by Gasteiger charge is 2.34. The lowest BCUT2D eigenvalue weighted by atomic mass is 10.0. The average molecular weight is 1070 g/mol. The van der Waals surface area contributed by atoms with Crippen LogP contribution in [0.15, 0.2) is 96.9 Å². The predicted octanol–water partition coefficient (Wildman–Crippen LogP) is 13.5. The lowest BCUT2D eigenvalue weighted by Crippen LogP contribution is -2.35. The number of nitrogens with one attached hydrogen (secondary N) is 1. The fraction of sp³-hybridized carbons (Fsp3) is 0.552. The molecule has 71 heavy (non-hydrogen) atoms. The Morgan fingerprint density at radius 2 is 1.17 bits per heavy atom. The number of cyclic esters (lactones) is 2. The van der Waals surface area contributed by atoms with Crippen LogP contribution in [0.3, 0.4) is 0 Å². The largest absolute Gasteiger partial charge is 0.463 e. The summed E-state index contributed by atoms with van der Waals surface area (Å²) < 4.78 is 284. The second-order valence-electron chi connectivity index (χ2n) is 16.5. The molecule has 4 aromatic rings. The maximum absolute atomic E-state index is 12.7. The molecule has 2 atom stereocenters. The van der Waals surface area contributed by atoms with Crippen LogP contribution < -0.4 is 14.8 Å². The molecular weight excluding hydrogens is 965 g/mol. The first kappa shape index (κ1) is 27.6. The highest BCUT2D eigenvalue weighted by molar-refractivity contribution is 9.09. The third kappa shape index (κ3) is 20.1. The Labute approximate surface area is 474 Å². The number of nitrogens with zero attached hydrogens (tertiary/aromatic N) is 1. The zero-order valence-electron chi connectivity index (χ0n) is 69.8. The quantitative estimate of drug-likeness (QED) is 0.0507. The van der Waals surface area contributed by atoms with Crippen LogP contribution in [0.25, 0.3) is 0 Å². The second kappa shape index (κ2) is 29.8. The third-order valence-corrected chi connectivity index (χ3v) is 10.5. The summed E-state index contributed by atoms with van der Waals surface area (Å²) in [6.07, 6.45) is -25.7. The summed E-state index contributed by atoms with van der Waals surface area (Å²) in [5.74, 6) is 0.0659. The fourth-order valence-corrected chi connectivity index (χ4v) is 6.89. The van der Waals surface area contributed by atoms with Crippen LogP contribution in [-0.4, -0.2) is 79.8 Å². The van der Waals surface area contributed by atoms with Gasteiger partial charge in [0, 0.05) is 98.8 Å². The van der Waals surface area contributed by atoms with Crippen molar-refractivity contribution >= 4 is 28.1 Å². The highest BCUT2D eigenvalue weighted by atomic mass is 79.9. The molecule has 2 fully saturated rings. The summed E-state index contributed by atoms with van der Waals surface area (Å²) in [7, 11) is 0. The lowest BCUT2D eigenvalue weighted by molar-refractivity contribution is -0.180. The number of fused-ring (bicyclic) bond motifs is 2. The molecular formula is C58H79BrN2O10. The minimum atomic E-state index is -3.89. The summed E-state index contributed by atoms with van der Waals surface area (Å²) in [5.41, 5.74) is 1.50. The zero-order valence-corrected chi connectivity index (χ0v) is 41.4. The molecule has 1 N–H and O–H groups in total. The van der Waals surface area contributed by atoms with Crippen LogP contribution in [0, 0.1) is 0 Å². The normalized spacial score (nSPS) is 26.9. The van der Waals surface area contributed by atoms with Gasteiger partial charge in [-0.1, -0.05) is 114 Å². The van der Waals surface area contributed by atoms with E-state index in [-0.39, 0.29) is 76.0 Å². The fourth-order valence-electron chi connectivity index (χ4n) is 6.61. The van der Waals surface area contributed by atoms with E-state index < -0.39 is 148 Å². The Morgan fingerprint density at radius 3 is 1.68 bits per heavy atom. The number of hydrogen-bond donors (Lipinski definition) is 1. The Hall–Kier alpha value is -4.66. The zero-order chi connectivity index (χ0) is 76.9. The first-order valence-electron chi connectivity index (χ1n) is 37.8. The van der Waals surface area contributed by atoms with Crippen molar-refractivity contribution in [3.05, 3.63) is 130 Å². The molecule has 12 nitrogen and oxygen atoms in total. The molecule has 388 valence electrons. The predicted molar refractivity (Wildman–Crippen MR) is 281 cm³/mol. The van der Waals surface area contributed by atoms with Gasteiger partial charge in [-0.05, 0) is 110 Å². The number of hydrogen-bond acceptors (Lipinski definition) is 10. The van der Waals surface area contributed by atoms with Gasteiger partial charge in [-0.3, -0.25) is 0 Å². The van der Waals surface area contributed by atoms with E-state index in [1.54, 1.807) is 32.0 Å². The number of amides is 2. The van der Waals surface area contributed by atoms with Crippen molar-refractivity contribution in [2.24, 2.45) is 0 Å². The molecule has 4 aliphatic rings. The maximum atomic E-state index is 12.7. The van der Waals surface area contributed by atoms with E-state index in [0.717, 1.165) is 51.6 Å². The van der Waals surface area contributed by atoms with E-state index in [0.29, 0.717) is 24.5 Å². The summed E-state index contributed by atoms with van der Waals surface area (Å²) in [4.78, 5) is 24.6. The van der Waals surface area contributed by atoms with Crippen molar-refractivity contribution in [1.29, 1.82) is 0 Å². The molecule has 2 saturated heterocycles. The van der Waals surface area contributed by atoms with Gasteiger partial charge in [0.05, 0.1) is 45.5 Å². The molecule has 0 aliphatic carbocycles. The maximum Gasteiger partial charge on any atom is 0.410 e. The number of carbonyl (C=O) groups excluding carboxylic acids is 2. The topological polar surface area (TPSA) is 123 Å². The van der Waals surface area contributed by atoms with Crippen LogP contribution in [0.5, 0.6) is 11.5 Å².